The van der Waals surface area contributed by atoms with Crippen LogP contribution >= 0.6 is 0 Å². The molecule has 0 atom stereocenters. The summed E-state index contributed by atoms with van der Waals surface area (Å²) in [5.41, 5.74) is 0.925. The maximum absolute atomic E-state index is 13.3. The number of aromatic nitrogens is 2. The number of benzene rings is 2. The van der Waals surface area contributed by atoms with Crippen LogP contribution in [0.4, 0.5) is 23.7 Å². The highest BCUT2D eigenvalue weighted by molar-refractivity contribution is 5.90. The van der Waals surface area contributed by atoms with Crippen LogP contribution in [0.2, 0.25) is 0 Å². The third kappa shape index (κ3) is 4.76. The van der Waals surface area contributed by atoms with E-state index < -0.39 is 18.0 Å². The van der Waals surface area contributed by atoms with E-state index in [4.69, 9.17) is 14.2 Å². The van der Waals surface area contributed by atoms with Crippen molar-refractivity contribution in [2.45, 2.75) is 12.7 Å². The number of anilines is 1. The Labute approximate surface area is 175 Å². The van der Waals surface area contributed by atoms with Crippen LogP contribution in [0.5, 0.6) is 17.2 Å². The minimum Gasteiger partial charge on any atom is -0.493 e. The van der Waals surface area contributed by atoms with Crippen molar-refractivity contribution in [3.8, 4) is 17.2 Å². The first-order valence-corrected chi connectivity index (χ1v) is 9.15. The second-order valence-corrected chi connectivity index (χ2v) is 6.37. The van der Waals surface area contributed by atoms with Gasteiger partial charge in [0.05, 0.1) is 38.1 Å². The molecule has 0 saturated carbocycles. The SMILES string of the molecule is COc1cc(NC(=O)NCCn2c(C(F)(F)F)nc3ccccc32)cc(OC)c1OC. The number of methoxy groups -OCH3 is 3. The Hall–Kier alpha value is -3.63. The number of nitrogens with zero attached hydrogens (tertiary/aromatic N) is 2. The molecule has 166 valence electrons. The molecule has 11 heteroatoms. The number of carbonyl (C=O) groups excluding carboxylic acids is 1. The normalized spacial score (nSPS) is 11.3. The van der Waals surface area contributed by atoms with Crippen LogP contribution in [0.15, 0.2) is 36.4 Å². The van der Waals surface area contributed by atoms with E-state index in [2.05, 4.69) is 15.6 Å². The predicted octanol–water partition coefficient (Wildman–Crippen LogP) is 3.90. The lowest BCUT2D eigenvalue weighted by Gasteiger charge is -2.15. The van der Waals surface area contributed by atoms with Gasteiger partial charge in [0, 0.05) is 25.2 Å². The Kier molecular flexibility index (Phi) is 6.42. The maximum Gasteiger partial charge on any atom is 0.449 e. The van der Waals surface area contributed by atoms with Gasteiger partial charge in [-0.25, -0.2) is 9.78 Å². The second kappa shape index (κ2) is 9.02. The van der Waals surface area contributed by atoms with E-state index in [-0.39, 0.29) is 18.6 Å². The number of alkyl halides is 3. The lowest BCUT2D eigenvalue weighted by molar-refractivity contribution is -0.146. The summed E-state index contributed by atoms with van der Waals surface area (Å²) in [5, 5.41) is 5.13. The molecule has 2 aromatic carbocycles. The number of hydrogen-bond donors (Lipinski definition) is 2. The van der Waals surface area contributed by atoms with Crippen LogP contribution in [0.25, 0.3) is 11.0 Å². The van der Waals surface area contributed by atoms with Gasteiger partial charge in [0.2, 0.25) is 11.6 Å². The molecule has 8 nitrogen and oxygen atoms in total. The van der Waals surface area contributed by atoms with Gasteiger partial charge in [0.15, 0.2) is 11.5 Å². The molecule has 0 spiro atoms. The lowest BCUT2D eigenvalue weighted by Crippen LogP contribution is -2.32. The van der Waals surface area contributed by atoms with Crippen molar-refractivity contribution in [1.29, 1.82) is 0 Å². The van der Waals surface area contributed by atoms with Crippen molar-refractivity contribution in [3.05, 3.63) is 42.2 Å². The molecule has 0 aliphatic heterocycles. The number of carbonyl (C=O) groups is 1. The van der Waals surface area contributed by atoms with E-state index in [0.717, 1.165) is 4.57 Å². The summed E-state index contributed by atoms with van der Waals surface area (Å²) in [7, 11) is 4.33. The van der Waals surface area contributed by atoms with Crippen molar-refractivity contribution in [2.24, 2.45) is 0 Å². The van der Waals surface area contributed by atoms with Gasteiger partial charge in [0.1, 0.15) is 0 Å². The van der Waals surface area contributed by atoms with E-state index in [9.17, 15) is 18.0 Å². The smallest absolute Gasteiger partial charge is 0.449 e. The molecule has 0 aliphatic carbocycles. The number of halogens is 3. The summed E-state index contributed by atoms with van der Waals surface area (Å²) in [6.07, 6.45) is -4.61. The minimum atomic E-state index is -4.61. The van der Waals surface area contributed by atoms with Crippen molar-refractivity contribution in [3.63, 3.8) is 0 Å². The topological polar surface area (TPSA) is 86.6 Å². The molecule has 0 fully saturated rings. The number of para-hydroxylation sites is 2. The van der Waals surface area contributed by atoms with Crippen molar-refractivity contribution in [1.82, 2.24) is 14.9 Å². The summed E-state index contributed by atoms with van der Waals surface area (Å²) in [4.78, 5) is 15.9. The molecule has 0 aliphatic rings. The van der Waals surface area contributed by atoms with Gasteiger partial charge in [-0.15, -0.1) is 0 Å². The van der Waals surface area contributed by atoms with Crippen LogP contribution in [0.1, 0.15) is 5.82 Å². The summed E-state index contributed by atoms with van der Waals surface area (Å²) >= 11 is 0. The number of hydrogen-bond acceptors (Lipinski definition) is 5. The number of imidazole rings is 1. The molecular weight excluding hydrogens is 417 g/mol. The quantitative estimate of drug-likeness (QED) is 0.584. The lowest BCUT2D eigenvalue weighted by atomic mass is 10.2. The zero-order valence-corrected chi connectivity index (χ0v) is 17.0. The number of ether oxygens (including phenoxy) is 3. The standard InChI is InChI=1S/C20H21F3N4O4/c1-29-15-10-12(11-16(30-2)17(15)31-3)25-19(28)24-8-9-27-14-7-5-4-6-13(14)26-18(27)20(21,22)23/h4-7,10-11H,8-9H2,1-3H3,(H2,24,25,28). The summed E-state index contributed by atoms with van der Waals surface area (Å²) in [6, 6.07) is 8.76. The number of amides is 2. The van der Waals surface area contributed by atoms with Crippen molar-refractivity contribution >= 4 is 22.8 Å². The maximum atomic E-state index is 13.3. The van der Waals surface area contributed by atoms with E-state index in [1.54, 1.807) is 18.2 Å². The fourth-order valence-electron chi connectivity index (χ4n) is 3.13. The fraction of sp³-hybridized carbons (Fsp3) is 0.300. The molecule has 2 amide bonds. The monoisotopic (exact) mass is 438 g/mol. The highest BCUT2D eigenvalue weighted by Crippen LogP contribution is 2.39. The molecule has 0 bridgehead atoms. The van der Waals surface area contributed by atoms with Crippen molar-refractivity contribution in [2.75, 3.05) is 33.2 Å². The van der Waals surface area contributed by atoms with E-state index >= 15 is 0 Å². The Bertz CT molecular complexity index is 1060. The molecule has 0 radical (unpaired) electrons. The van der Waals surface area contributed by atoms with E-state index in [0.29, 0.717) is 28.5 Å². The molecule has 0 saturated heterocycles. The van der Waals surface area contributed by atoms with Crippen LogP contribution in [0, 0.1) is 0 Å². The van der Waals surface area contributed by atoms with Gasteiger partial charge in [0.25, 0.3) is 0 Å². The van der Waals surface area contributed by atoms with Crippen LogP contribution in [-0.4, -0.2) is 43.5 Å². The summed E-state index contributed by atoms with van der Waals surface area (Å²) < 4.78 is 56.7. The van der Waals surface area contributed by atoms with E-state index in [1.807, 2.05) is 0 Å². The second-order valence-electron chi connectivity index (χ2n) is 6.37. The minimum absolute atomic E-state index is 0.0559. The zero-order valence-electron chi connectivity index (χ0n) is 17.0. The van der Waals surface area contributed by atoms with Gasteiger partial charge in [-0.2, -0.15) is 13.2 Å². The molecule has 1 heterocycles. The van der Waals surface area contributed by atoms with Gasteiger partial charge in [-0.1, -0.05) is 12.1 Å². The molecule has 3 aromatic rings. The molecule has 0 unspecified atom stereocenters. The van der Waals surface area contributed by atoms with Gasteiger partial charge in [-0.05, 0) is 12.1 Å². The molecule has 3 rings (SSSR count). The molecule has 31 heavy (non-hydrogen) atoms. The Morgan fingerprint density at radius 1 is 1.06 bits per heavy atom. The first kappa shape index (κ1) is 22.1. The van der Waals surface area contributed by atoms with Crippen LogP contribution in [0.3, 0.4) is 0 Å². The summed E-state index contributed by atoms with van der Waals surface area (Å²) in [6.45, 7) is -0.169. The highest BCUT2D eigenvalue weighted by Gasteiger charge is 2.37. The molecule has 2 N–H and O–H groups in total. The number of nitrogens with one attached hydrogen (secondary N) is 2. The number of rotatable bonds is 7. The van der Waals surface area contributed by atoms with E-state index in [1.165, 1.54) is 39.5 Å². The zero-order chi connectivity index (χ0) is 22.6. The average Bonchev–Trinajstić information content (AvgIpc) is 3.12. The Morgan fingerprint density at radius 3 is 2.29 bits per heavy atom. The largest absolute Gasteiger partial charge is 0.493 e. The van der Waals surface area contributed by atoms with Gasteiger partial charge in [-0.3, -0.25) is 0 Å². The highest BCUT2D eigenvalue weighted by atomic mass is 19.4. The fourth-order valence-corrected chi connectivity index (χ4v) is 3.13. The first-order valence-electron chi connectivity index (χ1n) is 9.15. The number of fused-ring (bicyclic) bond motifs is 1. The number of urea groups is 1. The third-order valence-corrected chi connectivity index (χ3v) is 4.45. The predicted molar refractivity (Wildman–Crippen MR) is 108 cm³/mol. The van der Waals surface area contributed by atoms with Gasteiger partial charge >= 0.3 is 12.2 Å². The Morgan fingerprint density at radius 2 is 1.71 bits per heavy atom. The first-order chi connectivity index (χ1) is 14.8. The summed E-state index contributed by atoms with van der Waals surface area (Å²) in [5.74, 6) is 0.0388. The third-order valence-electron chi connectivity index (χ3n) is 4.45. The van der Waals surface area contributed by atoms with Crippen LogP contribution < -0.4 is 24.8 Å². The molecule has 1 aromatic heterocycles. The van der Waals surface area contributed by atoms with Gasteiger partial charge < -0.3 is 29.4 Å². The molecular formula is C20H21F3N4O4. The van der Waals surface area contributed by atoms with Crippen molar-refractivity contribution < 1.29 is 32.2 Å². The van der Waals surface area contributed by atoms with Crippen LogP contribution in [-0.2, 0) is 12.7 Å². The Balaban J connectivity index is 1.70. The average molecular weight is 438 g/mol.